The summed E-state index contributed by atoms with van der Waals surface area (Å²) in [6.07, 6.45) is 5.39. The minimum atomic E-state index is -0.343. The third-order valence-corrected chi connectivity index (χ3v) is 5.91. The standard InChI is InChI=1S/C26H28FNO5/c1-17-5-3-6-19(24(17)26(29)30-2)14-31-22-7-4-8-23(13-22)32-15-21-16-33-25(28-21)18-9-11-20(27)12-10-18/h3,5-6,9-12,16,22-23H,4,7-8,13-15H2,1-2H3/t22-,23?/m1/s1. The number of aryl methyl sites for hydroxylation is 1. The monoisotopic (exact) mass is 453 g/mol. The molecule has 1 saturated carbocycles. The van der Waals surface area contributed by atoms with Gasteiger partial charge in [0.15, 0.2) is 0 Å². The topological polar surface area (TPSA) is 70.8 Å². The van der Waals surface area contributed by atoms with Gasteiger partial charge in [-0.1, -0.05) is 18.2 Å². The van der Waals surface area contributed by atoms with Crippen molar-refractivity contribution in [2.45, 2.75) is 58.0 Å². The molecule has 0 bridgehead atoms. The van der Waals surface area contributed by atoms with Crippen molar-refractivity contribution in [1.29, 1.82) is 0 Å². The number of carbonyl (C=O) groups is 1. The highest BCUT2D eigenvalue weighted by Crippen LogP contribution is 2.27. The van der Waals surface area contributed by atoms with Gasteiger partial charge < -0.3 is 18.6 Å². The maximum Gasteiger partial charge on any atom is 0.338 e. The molecule has 1 unspecified atom stereocenters. The molecular weight excluding hydrogens is 425 g/mol. The van der Waals surface area contributed by atoms with E-state index >= 15 is 0 Å². The highest BCUT2D eigenvalue weighted by molar-refractivity contribution is 5.92. The summed E-state index contributed by atoms with van der Waals surface area (Å²) in [5, 5.41) is 0. The third kappa shape index (κ3) is 5.86. The van der Waals surface area contributed by atoms with E-state index in [9.17, 15) is 9.18 Å². The first kappa shape index (κ1) is 23.1. The molecule has 0 amide bonds. The second-order valence-corrected chi connectivity index (χ2v) is 8.28. The van der Waals surface area contributed by atoms with Gasteiger partial charge >= 0.3 is 5.97 Å². The van der Waals surface area contributed by atoms with Crippen LogP contribution in [-0.4, -0.2) is 30.3 Å². The number of rotatable bonds is 8. The highest BCUT2D eigenvalue weighted by atomic mass is 19.1. The molecule has 0 N–H and O–H groups in total. The molecule has 33 heavy (non-hydrogen) atoms. The zero-order valence-corrected chi connectivity index (χ0v) is 18.9. The van der Waals surface area contributed by atoms with Gasteiger partial charge in [-0.05, 0) is 68.0 Å². The molecule has 1 fully saturated rings. The molecule has 0 saturated heterocycles. The Morgan fingerprint density at radius 3 is 2.55 bits per heavy atom. The molecule has 1 aliphatic carbocycles. The van der Waals surface area contributed by atoms with Crippen molar-refractivity contribution in [1.82, 2.24) is 4.98 Å². The van der Waals surface area contributed by atoms with Gasteiger partial charge in [-0.3, -0.25) is 0 Å². The molecule has 6 nitrogen and oxygen atoms in total. The van der Waals surface area contributed by atoms with Crippen molar-refractivity contribution in [3.63, 3.8) is 0 Å². The first-order valence-corrected chi connectivity index (χ1v) is 11.1. The minimum absolute atomic E-state index is 0.0573. The van der Waals surface area contributed by atoms with E-state index in [2.05, 4.69) is 4.98 Å². The van der Waals surface area contributed by atoms with Crippen LogP contribution in [0.15, 0.2) is 53.1 Å². The zero-order chi connectivity index (χ0) is 23.2. The van der Waals surface area contributed by atoms with E-state index in [1.165, 1.54) is 19.2 Å². The molecule has 4 rings (SSSR count). The number of nitrogens with zero attached hydrogens (tertiary/aromatic N) is 1. The number of oxazole rings is 1. The number of benzene rings is 2. The second kappa shape index (κ2) is 10.7. The molecule has 174 valence electrons. The fraction of sp³-hybridized carbons (Fsp3) is 0.385. The normalized spacial score (nSPS) is 18.3. The maximum atomic E-state index is 13.1. The predicted molar refractivity (Wildman–Crippen MR) is 120 cm³/mol. The summed E-state index contributed by atoms with van der Waals surface area (Å²) in [5.74, 6) is -0.200. The van der Waals surface area contributed by atoms with Crippen LogP contribution in [0.5, 0.6) is 0 Å². The van der Waals surface area contributed by atoms with E-state index in [1.54, 1.807) is 18.4 Å². The van der Waals surface area contributed by atoms with Crippen LogP contribution >= 0.6 is 0 Å². The third-order valence-electron chi connectivity index (χ3n) is 5.91. The van der Waals surface area contributed by atoms with Crippen LogP contribution < -0.4 is 0 Å². The van der Waals surface area contributed by atoms with E-state index in [0.717, 1.165) is 42.4 Å². The van der Waals surface area contributed by atoms with Crippen LogP contribution in [0.2, 0.25) is 0 Å². The van der Waals surface area contributed by atoms with Gasteiger partial charge in [0.1, 0.15) is 17.8 Å². The van der Waals surface area contributed by atoms with E-state index in [-0.39, 0.29) is 24.0 Å². The van der Waals surface area contributed by atoms with Gasteiger partial charge in [-0.2, -0.15) is 0 Å². The quantitative estimate of drug-likeness (QED) is 0.412. The van der Waals surface area contributed by atoms with Crippen molar-refractivity contribution in [2.24, 2.45) is 0 Å². The van der Waals surface area contributed by atoms with Crippen molar-refractivity contribution in [3.8, 4) is 11.5 Å². The van der Waals surface area contributed by atoms with Gasteiger partial charge in [-0.25, -0.2) is 14.2 Å². The molecule has 1 aliphatic rings. The molecule has 0 radical (unpaired) electrons. The summed E-state index contributed by atoms with van der Waals surface area (Å²) in [6.45, 7) is 2.59. The largest absolute Gasteiger partial charge is 0.465 e. The van der Waals surface area contributed by atoms with Crippen molar-refractivity contribution in [2.75, 3.05) is 7.11 Å². The lowest BCUT2D eigenvalue weighted by Gasteiger charge is -2.29. The van der Waals surface area contributed by atoms with Crippen LogP contribution in [0.4, 0.5) is 4.39 Å². The van der Waals surface area contributed by atoms with E-state index in [0.29, 0.717) is 30.4 Å². The number of methoxy groups -OCH3 is 1. The lowest BCUT2D eigenvalue weighted by molar-refractivity contribution is -0.0563. The Kier molecular flexibility index (Phi) is 7.52. The molecule has 1 aromatic heterocycles. The second-order valence-electron chi connectivity index (χ2n) is 8.28. The van der Waals surface area contributed by atoms with Gasteiger partial charge in [0.05, 0.1) is 38.1 Å². The zero-order valence-electron chi connectivity index (χ0n) is 18.9. The Hall–Kier alpha value is -3.03. The first-order valence-electron chi connectivity index (χ1n) is 11.1. The summed E-state index contributed by atoms with van der Waals surface area (Å²) < 4.78 is 35.8. The van der Waals surface area contributed by atoms with Crippen LogP contribution in [0.3, 0.4) is 0 Å². The summed E-state index contributed by atoms with van der Waals surface area (Å²) in [5.41, 5.74) is 3.70. The summed E-state index contributed by atoms with van der Waals surface area (Å²) >= 11 is 0. The van der Waals surface area contributed by atoms with Crippen LogP contribution in [0.25, 0.3) is 11.5 Å². The highest BCUT2D eigenvalue weighted by Gasteiger charge is 2.24. The molecule has 0 aliphatic heterocycles. The Labute approximate surface area is 192 Å². The average molecular weight is 454 g/mol. The van der Waals surface area contributed by atoms with Gasteiger partial charge in [0.25, 0.3) is 0 Å². The smallest absolute Gasteiger partial charge is 0.338 e. The number of halogens is 1. The number of carbonyl (C=O) groups excluding carboxylic acids is 1. The molecule has 1 heterocycles. The van der Waals surface area contributed by atoms with E-state index in [4.69, 9.17) is 18.6 Å². The lowest BCUT2D eigenvalue weighted by atomic mass is 9.94. The minimum Gasteiger partial charge on any atom is -0.465 e. The van der Waals surface area contributed by atoms with Crippen LogP contribution in [-0.2, 0) is 27.4 Å². The number of esters is 1. The number of hydrogen-bond donors (Lipinski definition) is 0. The molecule has 2 aromatic carbocycles. The number of aromatic nitrogens is 1. The fourth-order valence-electron chi connectivity index (χ4n) is 4.16. The number of ether oxygens (including phenoxy) is 3. The predicted octanol–water partition coefficient (Wildman–Crippen LogP) is 5.62. The summed E-state index contributed by atoms with van der Waals surface area (Å²) in [6, 6.07) is 11.7. The van der Waals surface area contributed by atoms with E-state index < -0.39 is 0 Å². The molecule has 2 atom stereocenters. The van der Waals surface area contributed by atoms with Crippen LogP contribution in [0.1, 0.15) is 52.9 Å². The molecule has 0 spiro atoms. The van der Waals surface area contributed by atoms with Crippen molar-refractivity contribution >= 4 is 5.97 Å². The summed E-state index contributed by atoms with van der Waals surface area (Å²) in [4.78, 5) is 16.6. The van der Waals surface area contributed by atoms with Crippen molar-refractivity contribution < 1.29 is 27.8 Å². The van der Waals surface area contributed by atoms with E-state index in [1.807, 2.05) is 25.1 Å². The van der Waals surface area contributed by atoms with Gasteiger partial charge in [0.2, 0.25) is 5.89 Å². The average Bonchev–Trinajstić information content (AvgIpc) is 3.31. The summed E-state index contributed by atoms with van der Waals surface area (Å²) in [7, 11) is 1.39. The molecule has 3 aromatic rings. The van der Waals surface area contributed by atoms with Crippen LogP contribution in [0, 0.1) is 12.7 Å². The molecule has 7 heteroatoms. The Bertz CT molecular complexity index is 1080. The van der Waals surface area contributed by atoms with Gasteiger partial charge in [-0.15, -0.1) is 0 Å². The first-order chi connectivity index (χ1) is 16.0. The number of hydrogen-bond acceptors (Lipinski definition) is 6. The SMILES string of the molecule is COC(=O)c1c(C)cccc1CO[C@@H]1CCCC(OCc2coc(-c3ccc(F)cc3)n2)C1. The fourth-order valence-corrected chi connectivity index (χ4v) is 4.16. The lowest BCUT2D eigenvalue weighted by Crippen LogP contribution is -2.28. The molecular formula is C26H28FNO5. The maximum absolute atomic E-state index is 13.1. The Morgan fingerprint density at radius 2 is 1.82 bits per heavy atom. The Balaban J connectivity index is 1.30. The van der Waals surface area contributed by atoms with Crippen molar-refractivity contribution in [3.05, 3.63) is 76.9 Å². The van der Waals surface area contributed by atoms with Gasteiger partial charge in [0, 0.05) is 5.56 Å². The Morgan fingerprint density at radius 1 is 1.09 bits per heavy atom.